The van der Waals surface area contributed by atoms with Crippen LogP contribution in [-0.2, 0) is 11.0 Å². The highest BCUT2D eigenvalue weighted by atomic mass is 31.2. The zero-order valence-electron chi connectivity index (χ0n) is 9.65. The van der Waals surface area contributed by atoms with Crippen LogP contribution < -0.4 is 0 Å². The van der Waals surface area contributed by atoms with E-state index in [1.54, 1.807) is 6.92 Å². The molecule has 0 bridgehead atoms. The number of hydrogen-bond donors (Lipinski definition) is 2. The highest BCUT2D eigenvalue weighted by Gasteiger charge is 2.29. The zero-order chi connectivity index (χ0) is 12.9. The van der Waals surface area contributed by atoms with Crippen LogP contribution in [0.2, 0.25) is 0 Å². The number of terminal acetylenes is 1. The van der Waals surface area contributed by atoms with Crippen molar-refractivity contribution in [2.45, 2.75) is 19.4 Å². The molecule has 0 amide bonds. The molecule has 1 rings (SSSR count). The lowest BCUT2D eigenvalue weighted by Crippen LogP contribution is -2.32. The summed E-state index contributed by atoms with van der Waals surface area (Å²) in [6, 6.07) is 9.22. The molecule has 1 aromatic carbocycles. The van der Waals surface area contributed by atoms with Gasteiger partial charge in [-0.05, 0) is 18.9 Å². The summed E-state index contributed by atoms with van der Waals surface area (Å²) in [5.41, 5.74) is 1.02. The number of nitrogens with zero attached hydrogens (tertiary/aromatic N) is 1. The van der Waals surface area contributed by atoms with Crippen LogP contribution in [0.25, 0.3) is 0 Å². The minimum Gasteiger partial charge on any atom is -0.312 e. The molecule has 0 aliphatic heterocycles. The van der Waals surface area contributed by atoms with Crippen molar-refractivity contribution in [2.24, 2.45) is 0 Å². The summed E-state index contributed by atoms with van der Waals surface area (Å²) in [7, 11) is -4.29. The first kappa shape index (κ1) is 14.0. The Bertz CT molecular complexity index is 435. The van der Waals surface area contributed by atoms with Crippen molar-refractivity contribution in [1.82, 2.24) is 4.67 Å². The van der Waals surface area contributed by atoms with E-state index in [-0.39, 0.29) is 12.6 Å². The van der Waals surface area contributed by atoms with Gasteiger partial charge in [0.05, 0.1) is 6.54 Å². The summed E-state index contributed by atoms with van der Waals surface area (Å²) in [5, 5.41) is 0. The Hall–Kier alpha value is -1.11. The fourth-order valence-electron chi connectivity index (χ4n) is 1.66. The molecule has 0 aliphatic rings. The van der Waals surface area contributed by atoms with E-state index in [1.807, 2.05) is 30.3 Å². The Balaban J connectivity index is 2.77. The molecular weight excluding hydrogens is 237 g/mol. The van der Waals surface area contributed by atoms with Crippen LogP contribution in [0, 0.1) is 12.3 Å². The van der Waals surface area contributed by atoms with Crippen LogP contribution in [0.15, 0.2) is 30.3 Å². The molecular formula is C12H16NO3P. The first-order valence-corrected chi connectivity index (χ1v) is 6.81. The van der Waals surface area contributed by atoms with Crippen molar-refractivity contribution < 1.29 is 14.4 Å². The van der Waals surface area contributed by atoms with Gasteiger partial charge in [-0.25, -0.2) is 4.57 Å². The Morgan fingerprint density at radius 2 is 2.00 bits per heavy atom. The quantitative estimate of drug-likeness (QED) is 0.618. The van der Waals surface area contributed by atoms with Gasteiger partial charge in [-0.3, -0.25) is 0 Å². The second-order valence-corrected chi connectivity index (χ2v) is 5.39. The third-order valence-electron chi connectivity index (χ3n) is 2.47. The van der Waals surface area contributed by atoms with Crippen LogP contribution >= 0.6 is 7.75 Å². The molecule has 4 nitrogen and oxygen atoms in total. The van der Waals surface area contributed by atoms with Crippen molar-refractivity contribution in [3.8, 4) is 12.3 Å². The van der Waals surface area contributed by atoms with Crippen molar-refractivity contribution in [3.05, 3.63) is 35.9 Å². The largest absolute Gasteiger partial charge is 0.404 e. The molecule has 2 N–H and O–H groups in total. The fourth-order valence-corrected chi connectivity index (χ4v) is 2.52. The van der Waals surface area contributed by atoms with E-state index in [4.69, 9.17) is 6.42 Å². The molecule has 0 unspecified atom stereocenters. The minimum absolute atomic E-state index is 0.0573. The van der Waals surface area contributed by atoms with E-state index in [1.165, 1.54) is 0 Å². The summed E-state index contributed by atoms with van der Waals surface area (Å²) >= 11 is 0. The monoisotopic (exact) mass is 253 g/mol. The van der Waals surface area contributed by atoms with Gasteiger partial charge in [0, 0.05) is 6.04 Å². The molecule has 0 saturated heterocycles. The summed E-state index contributed by atoms with van der Waals surface area (Å²) in [4.78, 5) is 18.4. The molecule has 5 heteroatoms. The van der Waals surface area contributed by atoms with Crippen molar-refractivity contribution >= 4 is 7.75 Å². The fraction of sp³-hybridized carbons (Fsp3) is 0.333. The van der Waals surface area contributed by atoms with Gasteiger partial charge in [0.1, 0.15) is 0 Å². The van der Waals surface area contributed by atoms with Gasteiger partial charge in [0.25, 0.3) is 0 Å². The van der Waals surface area contributed by atoms with Gasteiger partial charge in [-0.1, -0.05) is 36.3 Å². The van der Waals surface area contributed by atoms with Crippen LogP contribution in [-0.4, -0.2) is 27.0 Å². The van der Waals surface area contributed by atoms with Gasteiger partial charge in [0.2, 0.25) is 0 Å². The smallest absolute Gasteiger partial charge is 0.312 e. The third-order valence-corrected chi connectivity index (χ3v) is 3.68. The molecule has 0 heterocycles. The summed E-state index contributed by atoms with van der Waals surface area (Å²) in [5.74, 6) is 2.27. The molecule has 0 radical (unpaired) electrons. The van der Waals surface area contributed by atoms with Crippen LogP contribution in [0.1, 0.15) is 12.5 Å². The number of benzene rings is 1. The van der Waals surface area contributed by atoms with E-state index in [9.17, 15) is 14.4 Å². The molecule has 17 heavy (non-hydrogen) atoms. The molecule has 0 fully saturated rings. The van der Waals surface area contributed by atoms with Crippen molar-refractivity contribution in [2.75, 3.05) is 6.54 Å². The second-order valence-electron chi connectivity index (χ2n) is 3.85. The highest BCUT2D eigenvalue weighted by Crippen LogP contribution is 2.41. The normalized spacial score (nSPS) is 13.4. The molecule has 1 aromatic rings. The molecule has 0 saturated carbocycles. The average Bonchev–Trinajstić information content (AvgIpc) is 2.25. The van der Waals surface area contributed by atoms with Gasteiger partial charge in [-0.15, -0.1) is 6.42 Å². The number of rotatable bonds is 5. The molecule has 0 aromatic heterocycles. The maximum Gasteiger partial charge on any atom is 0.404 e. The van der Waals surface area contributed by atoms with Crippen molar-refractivity contribution in [3.63, 3.8) is 0 Å². The first-order chi connectivity index (χ1) is 7.95. The second kappa shape index (κ2) is 6.00. The van der Waals surface area contributed by atoms with Crippen LogP contribution in [0.3, 0.4) is 0 Å². The van der Waals surface area contributed by atoms with E-state index < -0.39 is 7.75 Å². The van der Waals surface area contributed by atoms with E-state index in [2.05, 4.69) is 5.92 Å². The van der Waals surface area contributed by atoms with Crippen molar-refractivity contribution in [1.29, 1.82) is 0 Å². The molecule has 0 spiro atoms. The zero-order valence-corrected chi connectivity index (χ0v) is 10.5. The summed E-state index contributed by atoms with van der Waals surface area (Å²) < 4.78 is 12.3. The van der Waals surface area contributed by atoms with Crippen LogP contribution in [0.4, 0.5) is 0 Å². The molecule has 0 aliphatic carbocycles. The molecule has 92 valence electrons. The predicted molar refractivity (Wildman–Crippen MR) is 67.2 cm³/mol. The lowest BCUT2D eigenvalue weighted by molar-refractivity contribution is 0.248. The van der Waals surface area contributed by atoms with Crippen LogP contribution in [0.5, 0.6) is 0 Å². The topological polar surface area (TPSA) is 60.8 Å². The van der Waals surface area contributed by atoms with Gasteiger partial charge in [-0.2, -0.15) is 4.67 Å². The van der Waals surface area contributed by atoms with E-state index >= 15 is 0 Å². The number of hydrogen-bond acceptors (Lipinski definition) is 1. The van der Waals surface area contributed by atoms with E-state index in [0.29, 0.717) is 6.42 Å². The molecule has 1 atom stereocenters. The van der Waals surface area contributed by atoms with Gasteiger partial charge in [0.15, 0.2) is 0 Å². The SMILES string of the molecule is C#CCN([C@H](C)Cc1ccccc1)P(=O)(O)O. The summed E-state index contributed by atoms with van der Waals surface area (Å²) in [6.07, 6.45) is 5.67. The maximum absolute atomic E-state index is 11.3. The van der Waals surface area contributed by atoms with Gasteiger partial charge < -0.3 is 9.79 Å². The Labute approximate surface area is 101 Å². The lowest BCUT2D eigenvalue weighted by atomic mass is 10.1. The standard InChI is InChI=1S/C12H16NO3P/c1-3-9-13(17(14,15)16)11(2)10-12-7-5-4-6-8-12/h1,4-8,11H,9-10H2,2H3,(H2,14,15,16)/t11-/m1/s1. The highest BCUT2D eigenvalue weighted by molar-refractivity contribution is 7.49. The Kier molecular flexibility index (Phi) is 4.92. The third kappa shape index (κ3) is 4.33. The summed E-state index contributed by atoms with van der Waals surface area (Å²) in [6.45, 7) is 1.70. The Morgan fingerprint density at radius 3 is 2.47 bits per heavy atom. The van der Waals surface area contributed by atoms with Gasteiger partial charge >= 0.3 is 7.75 Å². The average molecular weight is 253 g/mol. The first-order valence-electron chi connectivity index (χ1n) is 5.25. The lowest BCUT2D eigenvalue weighted by Gasteiger charge is -2.27. The minimum atomic E-state index is -4.29. The van der Waals surface area contributed by atoms with E-state index in [0.717, 1.165) is 10.2 Å². The predicted octanol–water partition coefficient (Wildman–Crippen LogP) is 1.65. The Morgan fingerprint density at radius 1 is 1.41 bits per heavy atom. The maximum atomic E-state index is 11.3.